The molecule has 1 atom stereocenters. The van der Waals surface area contributed by atoms with Crippen LogP contribution in [0.5, 0.6) is 5.75 Å². The molecule has 0 aliphatic rings. The molecule has 0 aromatic heterocycles. The summed E-state index contributed by atoms with van der Waals surface area (Å²) in [4.78, 5) is 24.1. The summed E-state index contributed by atoms with van der Waals surface area (Å²) in [5.74, 6) is -0.347. The molecule has 3 aromatic carbocycles. The Morgan fingerprint density at radius 3 is 2.46 bits per heavy atom. The maximum absolute atomic E-state index is 12.1. The minimum Gasteiger partial charge on any atom is -0.481 e. The van der Waals surface area contributed by atoms with E-state index in [2.05, 4.69) is 10.9 Å². The Labute approximate surface area is 155 Å². The van der Waals surface area contributed by atoms with Gasteiger partial charge in [-0.3, -0.25) is 20.4 Å². The number of carbonyl (C=O) groups excluding carboxylic acids is 2. The van der Waals surface area contributed by atoms with Gasteiger partial charge in [-0.15, -0.1) is 0 Å². The molecule has 0 heterocycles. The highest BCUT2D eigenvalue weighted by atomic mass is 35.5. The predicted octanol–water partition coefficient (Wildman–Crippen LogP) is 3.72. The van der Waals surface area contributed by atoms with Gasteiger partial charge in [0.2, 0.25) is 0 Å². The van der Waals surface area contributed by atoms with Gasteiger partial charge < -0.3 is 4.74 Å². The number of nitrogens with one attached hydrogen (secondary N) is 2. The molecule has 0 saturated heterocycles. The predicted molar refractivity (Wildman–Crippen MR) is 101 cm³/mol. The molecular weight excluding hydrogens is 352 g/mol. The Balaban J connectivity index is 1.57. The van der Waals surface area contributed by atoms with E-state index in [0.717, 1.165) is 10.8 Å². The molecule has 132 valence electrons. The number of amides is 2. The van der Waals surface area contributed by atoms with Crippen LogP contribution in [-0.4, -0.2) is 17.9 Å². The molecule has 3 rings (SSSR count). The summed E-state index contributed by atoms with van der Waals surface area (Å²) in [7, 11) is 0. The molecule has 0 unspecified atom stereocenters. The molecule has 2 N–H and O–H groups in total. The molecule has 6 heteroatoms. The minimum absolute atomic E-state index is 0.348. The second kappa shape index (κ2) is 7.89. The molecule has 0 spiro atoms. The van der Waals surface area contributed by atoms with Gasteiger partial charge in [-0.1, -0.05) is 48.0 Å². The van der Waals surface area contributed by atoms with Crippen molar-refractivity contribution in [1.82, 2.24) is 10.9 Å². The fourth-order valence-corrected chi connectivity index (χ4v) is 2.61. The normalized spacial score (nSPS) is 11.6. The maximum atomic E-state index is 12.1. The van der Waals surface area contributed by atoms with Gasteiger partial charge in [0.05, 0.1) is 0 Å². The fraction of sp³-hybridized carbons (Fsp3) is 0.100. The minimum atomic E-state index is -0.782. The molecule has 3 aromatic rings. The van der Waals surface area contributed by atoms with E-state index in [1.807, 2.05) is 36.4 Å². The quantitative estimate of drug-likeness (QED) is 0.690. The second-order valence-electron chi connectivity index (χ2n) is 5.72. The first-order valence-corrected chi connectivity index (χ1v) is 8.42. The van der Waals surface area contributed by atoms with Crippen molar-refractivity contribution >= 4 is 34.2 Å². The number of fused-ring (bicyclic) bond motifs is 1. The van der Waals surface area contributed by atoms with Crippen molar-refractivity contribution < 1.29 is 14.3 Å². The highest BCUT2D eigenvalue weighted by Crippen LogP contribution is 2.21. The van der Waals surface area contributed by atoms with E-state index in [0.29, 0.717) is 16.3 Å². The van der Waals surface area contributed by atoms with Crippen molar-refractivity contribution in [3.63, 3.8) is 0 Å². The van der Waals surface area contributed by atoms with Crippen molar-refractivity contribution in [1.29, 1.82) is 0 Å². The zero-order valence-corrected chi connectivity index (χ0v) is 14.8. The molecule has 0 aliphatic carbocycles. The lowest BCUT2D eigenvalue weighted by atomic mass is 10.1. The average molecular weight is 369 g/mol. The Morgan fingerprint density at radius 1 is 0.923 bits per heavy atom. The van der Waals surface area contributed by atoms with E-state index in [-0.39, 0.29) is 0 Å². The van der Waals surface area contributed by atoms with Gasteiger partial charge in [-0.25, -0.2) is 0 Å². The van der Waals surface area contributed by atoms with Gasteiger partial charge in [0.15, 0.2) is 6.10 Å². The number of rotatable bonds is 4. The monoisotopic (exact) mass is 368 g/mol. The van der Waals surface area contributed by atoms with E-state index in [1.165, 1.54) is 6.07 Å². The average Bonchev–Trinajstić information content (AvgIpc) is 2.65. The Bertz CT molecular complexity index is 958. The molecule has 0 bridgehead atoms. The van der Waals surface area contributed by atoms with Crippen LogP contribution in [0.4, 0.5) is 0 Å². The molecule has 0 radical (unpaired) electrons. The first-order valence-electron chi connectivity index (χ1n) is 8.04. The lowest BCUT2D eigenvalue weighted by Gasteiger charge is -2.15. The summed E-state index contributed by atoms with van der Waals surface area (Å²) in [6.07, 6.45) is -0.782. The van der Waals surface area contributed by atoms with Crippen LogP contribution < -0.4 is 15.6 Å². The van der Waals surface area contributed by atoms with E-state index >= 15 is 0 Å². The van der Waals surface area contributed by atoms with Crippen LogP contribution in [0, 0.1) is 0 Å². The SMILES string of the molecule is C[C@@H](Oc1ccc2ccccc2c1)C(=O)NNC(=O)c1cccc(Cl)c1. The lowest BCUT2D eigenvalue weighted by Crippen LogP contribution is -2.47. The van der Waals surface area contributed by atoms with Gasteiger partial charge in [0, 0.05) is 10.6 Å². The third-order valence-electron chi connectivity index (χ3n) is 3.79. The van der Waals surface area contributed by atoms with Crippen LogP contribution in [0.15, 0.2) is 66.7 Å². The summed E-state index contributed by atoms with van der Waals surface area (Å²) in [6, 6.07) is 19.9. The van der Waals surface area contributed by atoms with Crippen molar-refractivity contribution in [2.24, 2.45) is 0 Å². The highest BCUT2D eigenvalue weighted by Gasteiger charge is 2.16. The lowest BCUT2D eigenvalue weighted by molar-refractivity contribution is -0.128. The number of hydrogen-bond acceptors (Lipinski definition) is 3. The van der Waals surface area contributed by atoms with Gasteiger partial charge >= 0.3 is 0 Å². The Kier molecular flexibility index (Phi) is 5.39. The van der Waals surface area contributed by atoms with E-state index in [4.69, 9.17) is 16.3 Å². The third-order valence-corrected chi connectivity index (χ3v) is 4.02. The largest absolute Gasteiger partial charge is 0.481 e. The standard InChI is InChI=1S/C20H17ClN2O3/c1-13(26-18-10-9-14-5-2-3-6-15(14)12-18)19(24)22-23-20(25)16-7-4-8-17(21)11-16/h2-13H,1H3,(H,22,24)(H,23,25)/t13-/m1/s1. The van der Waals surface area contributed by atoms with Crippen LogP contribution in [0.25, 0.3) is 10.8 Å². The summed E-state index contributed by atoms with van der Waals surface area (Å²) >= 11 is 5.85. The molecule has 26 heavy (non-hydrogen) atoms. The number of ether oxygens (including phenoxy) is 1. The third kappa shape index (κ3) is 4.32. The number of benzene rings is 3. The summed E-state index contributed by atoms with van der Waals surface area (Å²) in [5.41, 5.74) is 5.04. The molecule has 2 amide bonds. The summed E-state index contributed by atoms with van der Waals surface area (Å²) in [6.45, 7) is 1.61. The zero-order valence-electron chi connectivity index (χ0n) is 14.0. The van der Waals surface area contributed by atoms with Crippen molar-refractivity contribution in [3.8, 4) is 5.75 Å². The first kappa shape index (κ1) is 17.8. The molecule has 0 saturated carbocycles. The Hall–Kier alpha value is -3.05. The van der Waals surface area contributed by atoms with E-state index in [1.54, 1.807) is 31.2 Å². The second-order valence-corrected chi connectivity index (χ2v) is 6.16. The number of hydrazine groups is 1. The number of halogens is 1. The summed E-state index contributed by atoms with van der Waals surface area (Å²) < 4.78 is 5.66. The van der Waals surface area contributed by atoms with Gasteiger partial charge in [-0.2, -0.15) is 0 Å². The Morgan fingerprint density at radius 2 is 1.69 bits per heavy atom. The number of hydrogen-bond donors (Lipinski definition) is 2. The zero-order chi connectivity index (χ0) is 18.5. The van der Waals surface area contributed by atoms with Crippen molar-refractivity contribution in [2.75, 3.05) is 0 Å². The maximum Gasteiger partial charge on any atom is 0.279 e. The number of carbonyl (C=O) groups is 2. The van der Waals surface area contributed by atoms with Crippen molar-refractivity contribution in [3.05, 3.63) is 77.3 Å². The molecule has 5 nitrogen and oxygen atoms in total. The topological polar surface area (TPSA) is 67.4 Å². The molecule has 0 aliphatic heterocycles. The van der Waals surface area contributed by atoms with Crippen LogP contribution >= 0.6 is 11.6 Å². The van der Waals surface area contributed by atoms with Crippen LogP contribution in [0.3, 0.4) is 0 Å². The van der Waals surface area contributed by atoms with Crippen LogP contribution in [-0.2, 0) is 4.79 Å². The smallest absolute Gasteiger partial charge is 0.279 e. The first-order chi connectivity index (χ1) is 12.5. The molecular formula is C20H17ClN2O3. The van der Waals surface area contributed by atoms with Crippen LogP contribution in [0.1, 0.15) is 17.3 Å². The fourth-order valence-electron chi connectivity index (χ4n) is 2.42. The van der Waals surface area contributed by atoms with E-state index < -0.39 is 17.9 Å². The highest BCUT2D eigenvalue weighted by molar-refractivity contribution is 6.30. The molecule has 0 fully saturated rings. The van der Waals surface area contributed by atoms with Gasteiger partial charge in [0.25, 0.3) is 11.8 Å². The van der Waals surface area contributed by atoms with Crippen molar-refractivity contribution in [2.45, 2.75) is 13.0 Å². The van der Waals surface area contributed by atoms with Gasteiger partial charge in [0.1, 0.15) is 5.75 Å². The van der Waals surface area contributed by atoms with E-state index in [9.17, 15) is 9.59 Å². The van der Waals surface area contributed by atoms with Crippen LogP contribution in [0.2, 0.25) is 5.02 Å². The van der Waals surface area contributed by atoms with Gasteiger partial charge in [-0.05, 0) is 48.0 Å². The summed E-state index contributed by atoms with van der Waals surface area (Å²) in [5, 5.41) is 2.55.